The highest BCUT2D eigenvalue weighted by atomic mass is 19.1. The molecule has 1 N–H and O–H groups in total. The first-order valence-corrected chi connectivity index (χ1v) is 7.42. The first-order valence-electron chi connectivity index (χ1n) is 7.42. The smallest absolute Gasteiger partial charge is 0.274 e. The zero-order chi connectivity index (χ0) is 17.8. The van der Waals surface area contributed by atoms with E-state index in [0.29, 0.717) is 5.82 Å². The quantitative estimate of drug-likeness (QED) is 0.785. The van der Waals surface area contributed by atoms with Crippen molar-refractivity contribution >= 4 is 23.1 Å². The van der Waals surface area contributed by atoms with Gasteiger partial charge in [-0.1, -0.05) is 24.3 Å². The summed E-state index contributed by atoms with van der Waals surface area (Å²) in [6, 6.07) is 14.2. The van der Waals surface area contributed by atoms with E-state index in [2.05, 4.69) is 15.3 Å². The Morgan fingerprint density at radius 3 is 2.36 bits per heavy atom. The van der Waals surface area contributed by atoms with Crippen LogP contribution >= 0.6 is 0 Å². The predicted molar refractivity (Wildman–Crippen MR) is 90.8 cm³/mol. The van der Waals surface area contributed by atoms with E-state index in [-0.39, 0.29) is 5.69 Å². The molecule has 0 aliphatic rings. The minimum atomic E-state index is -0.857. The van der Waals surface area contributed by atoms with E-state index in [1.165, 1.54) is 18.5 Å². The second kappa shape index (κ2) is 7.04. The number of nitrogens with one attached hydrogen (secondary N) is 1. The van der Waals surface area contributed by atoms with Crippen molar-refractivity contribution < 1.29 is 13.6 Å². The maximum absolute atomic E-state index is 13.7. The molecule has 0 spiro atoms. The van der Waals surface area contributed by atoms with Gasteiger partial charge in [0.05, 0.1) is 0 Å². The molecule has 0 fully saturated rings. The summed E-state index contributed by atoms with van der Waals surface area (Å²) >= 11 is 0. The van der Waals surface area contributed by atoms with Crippen molar-refractivity contribution in [2.24, 2.45) is 0 Å². The van der Waals surface area contributed by atoms with E-state index in [1.54, 1.807) is 11.9 Å². The molecule has 0 aliphatic heterocycles. The zero-order valence-electron chi connectivity index (χ0n) is 13.3. The Balaban J connectivity index is 1.85. The van der Waals surface area contributed by atoms with Crippen LogP contribution in [0.5, 0.6) is 0 Å². The maximum Gasteiger partial charge on any atom is 0.274 e. The van der Waals surface area contributed by atoms with Crippen LogP contribution in [-0.2, 0) is 0 Å². The van der Waals surface area contributed by atoms with Crippen LogP contribution in [0.4, 0.5) is 26.0 Å². The lowest BCUT2D eigenvalue weighted by atomic mass is 10.2. The normalized spacial score (nSPS) is 10.4. The highest BCUT2D eigenvalue weighted by Crippen LogP contribution is 2.22. The van der Waals surface area contributed by atoms with Crippen molar-refractivity contribution in [3.63, 3.8) is 0 Å². The number of halogens is 2. The van der Waals surface area contributed by atoms with Crippen LogP contribution in [0.15, 0.2) is 60.9 Å². The molecule has 0 saturated carbocycles. The van der Waals surface area contributed by atoms with E-state index in [4.69, 9.17) is 0 Å². The van der Waals surface area contributed by atoms with Crippen LogP contribution in [0.1, 0.15) is 10.5 Å². The number of rotatable bonds is 4. The second-order valence-electron chi connectivity index (χ2n) is 5.21. The Labute approximate surface area is 143 Å². The predicted octanol–water partition coefficient (Wildman–Crippen LogP) is 3.78. The Morgan fingerprint density at radius 2 is 1.68 bits per heavy atom. The number of amides is 1. The third-order valence-corrected chi connectivity index (χ3v) is 3.57. The molecule has 1 heterocycles. The van der Waals surface area contributed by atoms with Crippen LogP contribution in [0.3, 0.4) is 0 Å². The molecule has 0 saturated heterocycles. The largest absolute Gasteiger partial charge is 0.329 e. The molecular formula is C18H14F2N4O. The molecule has 3 rings (SSSR count). The topological polar surface area (TPSA) is 58.1 Å². The average molecular weight is 340 g/mol. The van der Waals surface area contributed by atoms with Crippen LogP contribution in [-0.4, -0.2) is 22.9 Å². The van der Waals surface area contributed by atoms with Crippen molar-refractivity contribution in [3.8, 4) is 0 Å². The standard InChI is InChI=1S/C18H14F2N4O/c1-24(12-6-3-2-4-7-12)16-10-15(21-11-22-16)18(25)23-17-13(19)8-5-9-14(17)20/h2-11H,1H3,(H,23,25). The molecule has 1 amide bonds. The Bertz CT molecular complexity index is 882. The van der Waals surface area contributed by atoms with Crippen molar-refractivity contribution in [2.75, 3.05) is 17.3 Å². The second-order valence-corrected chi connectivity index (χ2v) is 5.21. The van der Waals surface area contributed by atoms with Gasteiger partial charge in [-0.05, 0) is 24.3 Å². The van der Waals surface area contributed by atoms with Crippen LogP contribution in [0.25, 0.3) is 0 Å². The molecule has 5 nitrogen and oxygen atoms in total. The minimum absolute atomic E-state index is 0.00423. The molecule has 0 aliphatic carbocycles. The fourth-order valence-corrected chi connectivity index (χ4v) is 2.23. The minimum Gasteiger partial charge on any atom is -0.329 e. The number of hydrogen-bond donors (Lipinski definition) is 1. The van der Waals surface area contributed by atoms with E-state index in [9.17, 15) is 13.6 Å². The SMILES string of the molecule is CN(c1ccccc1)c1cc(C(=O)Nc2c(F)cccc2F)ncn1. The lowest BCUT2D eigenvalue weighted by molar-refractivity contribution is 0.102. The summed E-state index contributed by atoms with van der Waals surface area (Å²) in [6.07, 6.45) is 1.22. The van der Waals surface area contributed by atoms with E-state index in [1.807, 2.05) is 30.3 Å². The molecule has 7 heteroatoms. The Morgan fingerprint density at radius 1 is 1.00 bits per heavy atom. The molecule has 25 heavy (non-hydrogen) atoms. The summed E-state index contributed by atoms with van der Waals surface area (Å²) in [5, 5.41) is 2.20. The van der Waals surface area contributed by atoms with Crippen molar-refractivity contribution in [1.29, 1.82) is 0 Å². The van der Waals surface area contributed by atoms with Gasteiger partial charge in [0, 0.05) is 18.8 Å². The lowest BCUT2D eigenvalue weighted by Gasteiger charge is -2.18. The first kappa shape index (κ1) is 16.5. The summed E-state index contributed by atoms with van der Waals surface area (Å²) in [5.41, 5.74) is 0.354. The van der Waals surface area contributed by atoms with Crippen LogP contribution in [0, 0.1) is 11.6 Å². The summed E-state index contributed by atoms with van der Waals surface area (Å²) in [4.78, 5) is 22.0. The lowest BCUT2D eigenvalue weighted by Crippen LogP contribution is -2.18. The number of carbonyl (C=O) groups excluding carboxylic acids is 1. The van der Waals surface area contributed by atoms with Gasteiger partial charge in [0.1, 0.15) is 35.2 Å². The van der Waals surface area contributed by atoms with Gasteiger partial charge in [-0.3, -0.25) is 4.79 Å². The third kappa shape index (κ3) is 3.60. The van der Waals surface area contributed by atoms with Crippen LogP contribution < -0.4 is 10.2 Å². The van der Waals surface area contributed by atoms with Gasteiger partial charge in [0.2, 0.25) is 0 Å². The van der Waals surface area contributed by atoms with E-state index in [0.717, 1.165) is 17.8 Å². The van der Waals surface area contributed by atoms with Gasteiger partial charge in [-0.25, -0.2) is 18.7 Å². The third-order valence-electron chi connectivity index (χ3n) is 3.57. The fraction of sp³-hybridized carbons (Fsp3) is 0.0556. The number of hydrogen-bond acceptors (Lipinski definition) is 4. The number of nitrogens with zero attached hydrogens (tertiary/aromatic N) is 3. The Hall–Kier alpha value is -3.35. The molecule has 2 aromatic carbocycles. The molecule has 126 valence electrons. The van der Waals surface area contributed by atoms with Crippen molar-refractivity contribution in [1.82, 2.24) is 9.97 Å². The van der Waals surface area contributed by atoms with Crippen LogP contribution in [0.2, 0.25) is 0 Å². The monoisotopic (exact) mass is 340 g/mol. The molecule has 0 unspecified atom stereocenters. The van der Waals surface area contributed by atoms with Crippen molar-refractivity contribution in [3.05, 3.63) is 78.3 Å². The van der Waals surface area contributed by atoms with Gasteiger partial charge in [-0.2, -0.15) is 0 Å². The molecule has 0 atom stereocenters. The van der Waals surface area contributed by atoms with Gasteiger partial charge in [0.25, 0.3) is 5.91 Å². The summed E-state index contributed by atoms with van der Waals surface area (Å²) in [6.45, 7) is 0. The number of anilines is 3. The molecule has 3 aromatic rings. The highest BCUT2D eigenvalue weighted by molar-refractivity contribution is 6.03. The van der Waals surface area contributed by atoms with Crippen molar-refractivity contribution in [2.45, 2.75) is 0 Å². The summed E-state index contributed by atoms with van der Waals surface area (Å²) < 4.78 is 27.3. The Kier molecular flexibility index (Phi) is 4.65. The van der Waals surface area contributed by atoms with E-state index >= 15 is 0 Å². The summed E-state index contributed by atoms with van der Waals surface area (Å²) in [7, 11) is 1.79. The highest BCUT2D eigenvalue weighted by Gasteiger charge is 2.16. The molecular weight excluding hydrogens is 326 g/mol. The first-order chi connectivity index (χ1) is 12.1. The van der Waals surface area contributed by atoms with E-state index < -0.39 is 23.2 Å². The van der Waals surface area contributed by atoms with Gasteiger partial charge >= 0.3 is 0 Å². The molecule has 1 aromatic heterocycles. The fourth-order valence-electron chi connectivity index (χ4n) is 2.23. The number of carbonyl (C=O) groups is 1. The van der Waals surface area contributed by atoms with Gasteiger partial charge in [0.15, 0.2) is 0 Å². The molecule has 0 bridgehead atoms. The number of aromatic nitrogens is 2. The number of para-hydroxylation sites is 2. The zero-order valence-corrected chi connectivity index (χ0v) is 13.3. The summed E-state index contributed by atoms with van der Waals surface area (Å²) in [5.74, 6) is -1.97. The molecule has 0 radical (unpaired) electrons. The number of benzene rings is 2. The van der Waals surface area contributed by atoms with Gasteiger partial charge in [-0.15, -0.1) is 0 Å². The van der Waals surface area contributed by atoms with Gasteiger partial charge < -0.3 is 10.2 Å². The maximum atomic E-state index is 13.7. The average Bonchev–Trinajstić information content (AvgIpc) is 2.65.